The van der Waals surface area contributed by atoms with Crippen molar-refractivity contribution in [2.75, 3.05) is 0 Å². The summed E-state index contributed by atoms with van der Waals surface area (Å²) in [5, 5.41) is 4.56. The average molecular weight is 208 g/mol. The second-order valence-corrected chi connectivity index (χ2v) is 4.47. The summed E-state index contributed by atoms with van der Waals surface area (Å²) in [6.07, 6.45) is 9.70. The van der Waals surface area contributed by atoms with Crippen molar-refractivity contribution in [1.29, 1.82) is 0 Å². The molecule has 0 aromatic carbocycles. The Kier molecular flexibility index (Phi) is 5.62. The molecule has 14 heavy (non-hydrogen) atoms. The maximum atomic E-state index is 3.79. The Hall–Kier alpha value is -0.560. The zero-order valence-corrected chi connectivity index (χ0v) is 9.91. The number of hydrogen-bond donors (Lipinski definition) is 0. The van der Waals surface area contributed by atoms with Gasteiger partial charge in [0, 0.05) is 0 Å². The Bertz CT molecular complexity index is 260. The van der Waals surface area contributed by atoms with Crippen LogP contribution in [0.4, 0.5) is 0 Å². The van der Waals surface area contributed by atoms with E-state index in [0.29, 0.717) is 0 Å². The summed E-state index contributed by atoms with van der Waals surface area (Å²) >= 11 is 1.82. The van der Waals surface area contributed by atoms with Crippen molar-refractivity contribution >= 4 is 11.3 Å². The van der Waals surface area contributed by atoms with E-state index < -0.39 is 0 Å². The zero-order valence-electron chi connectivity index (χ0n) is 9.09. The van der Waals surface area contributed by atoms with E-state index in [4.69, 9.17) is 0 Å². The Labute approximate surface area is 91.7 Å². The van der Waals surface area contributed by atoms with Crippen LogP contribution in [0, 0.1) is 0 Å². The molecule has 78 valence electrons. The molecule has 0 aliphatic heterocycles. The van der Waals surface area contributed by atoms with Crippen molar-refractivity contribution in [1.82, 2.24) is 0 Å². The summed E-state index contributed by atoms with van der Waals surface area (Å²) in [4.78, 5) is 0. The molecule has 0 aliphatic carbocycles. The SMILES string of the molecule is C=CCc1cscc1CCCCCC. The predicted molar refractivity (Wildman–Crippen MR) is 66.1 cm³/mol. The van der Waals surface area contributed by atoms with Gasteiger partial charge >= 0.3 is 0 Å². The van der Waals surface area contributed by atoms with Crippen LogP contribution >= 0.6 is 11.3 Å². The molecule has 0 unspecified atom stereocenters. The van der Waals surface area contributed by atoms with Gasteiger partial charge in [-0.1, -0.05) is 32.3 Å². The molecule has 0 aliphatic rings. The summed E-state index contributed by atoms with van der Waals surface area (Å²) in [5.74, 6) is 0. The van der Waals surface area contributed by atoms with Gasteiger partial charge in [0.25, 0.3) is 0 Å². The second kappa shape index (κ2) is 6.83. The highest BCUT2D eigenvalue weighted by Gasteiger charge is 2.01. The molecule has 0 amide bonds. The van der Waals surface area contributed by atoms with E-state index in [1.54, 1.807) is 5.56 Å². The Morgan fingerprint density at radius 1 is 1.21 bits per heavy atom. The van der Waals surface area contributed by atoms with Crippen LogP contribution in [-0.4, -0.2) is 0 Å². The fourth-order valence-corrected chi connectivity index (χ4v) is 2.56. The third-order valence-corrected chi connectivity index (χ3v) is 3.34. The molecule has 0 radical (unpaired) electrons. The van der Waals surface area contributed by atoms with Crippen LogP contribution in [0.2, 0.25) is 0 Å². The van der Waals surface area contributed by atoms with Gasteiger partial charge in [-0.3, -0.25) is 0 Å². The maximum Gasteiger partial charge on any atom is -0.00552 e. The molecular formula is C13H20S. The molecule has 0 fully saturated rings. The first-order valence-electron chi connectivity index (χ1n) is 5.53. The van der Waals surface area contributed by atoms with Crippen LogP contribution in [0.15, 0.2) is 23.4 Å². The molecule has 0 bridgehead atoms. The van der Waals surface area contributed by atoms with E-state index in [-0.39, 0.29) is 0 Å². The van der Waals surface area contributed by atoms with Gasteiger partial charge in [0.1, 0.15) is 0 Å². The van der Waals surface area contributed by atoms with Crippen LogP contribution in [0.25, 0.3) is 0 Å². The fourth-order valence-electron chi connectivity index (χ4n) is 1.65. The Balaban J connectivity index is 2.33. The normalized spacial score (nSPS) is 10.4. The highest BCUT2D eigenvalue weighted by atomic mass is 32.1. The molecule has 0 saturated heterocycles. The molecule has 1 rings (SSSR count). The lowest BCUT2D eigenvalue weighted by Crippen LogP contribution is -1.88. The monoisotopic (exact) mass is 208 g/mol. The van der Waals surface area contributed by atoms with Gasteiger partial charge in [-0.25, -0.2) is 0 Å². The van der Waals surface area contributed by atoms with Gasteiger partial charge in [0.15, 0.2) is 0 Å². The van der Waals surface area contributed by atoms with Crippen LogP contribution in [0.5, 0.6) is 0 Å². The molecule has 1 aromatic heterocycles. The van der Waals surface area contributed by atoms with Crippen LogP contribution in [0.1, 0.15) is 43.7 Å². The molecule has 1 heteroatoms. The summed E-state index contributed by atoms with van der Waals surface area (Å²) in [6.45, 7) is 6.05. The number of thiophene rings is 1. The van der Waals surface area contributed by atoms with Gasteiger partial charge in [0.2, 0.25) is 0 Å². The number of rotatable bonds is 7. The van der Waals surface area contributed by atoms with E-state index in [9.17, 15) is 0 Å². The molecular weight excluding hydrogens is 188 g/mol. The second-order valence-electron chi connectivity index (χ2n) is 3.73. The molecule has 1 aromatic rings. The minimum Gasteiger partial charge on any atom is -0.152 e. The summed E-state index contributed by atoms with van der Waals surface area (Å²) in [7, 11) is 0. The smallest absolute Gasteiger partial charge is 0.00552 e. The highest BCUT2D eigenvalue weighted by Crippen LogP contribution is 2.18. The minimum absolute atomic E-state index is 1.03. The van der Waals surface area contributed by atoms with Gasteiger partial charge in [-0.15, -0.1) is 6.58 Å². The minimum atomic E-state index is 1.03. The Morgan fingerprint density at radius 3 is 2.71 bits per heavy atom. The lowest BCUT2D eigenvalue weighted by atomic mass is 10.0. The van der Waals surface area contributed by atoms with E-state index in [1.807, 2.05) is 17.4 Å². The van der Waals surface area contributed by atoms with Crippen LogP contribution in [-0.2, 0) is 12.8 Å². The van der Waals surface area contributed by atoms with Crippen molar-refractivity contribution in [2.45, 2.75) is 45.4 Å². The standard InChI is InChI=1S/C13H20S/c1-3-5-6-7-9-13-11-14-10-12(13)8-4-2/h4,10-11H,2-3,5-9H2,1H3. The van der Waals surface area contributed by atoms with E-state index in [2.05, 4.69) is 24.3 Å². The van der Waals surface area contributed by atoms with Crippen molar-refractivity contribution < 1.29 is 0 Å². The summed E-state index contributed by atoms with van der Waals surface area (Å²) in [6, 6.07) is 0. The molecule has 0 nitrogen and oxygen atoms in total. The van der Waals surface area contributed by atoms with Gasteiger partial charge in [0.05, 0.1) is 0 Å². The van der Waals surface area contributed by atoms with Gasteiger partial charge < -0.3 is 0 Å². The summed E-state index contributed by atoms with van der Waals surface area (Å²) in [5.41, 5.74) is 3.03. The third kappa shape index (κ3) is 3.67. The third-order valence-electron chi connectivity index (χ3n) is 2.50. The molecule has 0 saturated carbocycles. The number of aryl methyl sites for hydroxylation is 1. The molecule has 0 atom stereocenters. The first-order chi connectivity index (χ1) is 6.88. The van der Waals surface area contributed by atoms with E-state index in [1.165, 1.54) is 37.7 Å². The molecule has 1 heterocycles. The topological polar surface area (TPSA) is 0 Å². The van der Waals surface area contributed by atoms with Crippen LogP contribution in [0.3, 0.4) is 0 Å². The van der Waals surface area contributed by atoms with Crippen molar-refractivity contribution in [2.24, 2.45) is 0 Å². The number of allylic oxidation sites excluding steroid dienone is 1. The highest BCUT2D eigenvalue weighted by molar-refractivity contribution is 7.08. The predicted octanol–water partition coefficient (Wildman–Crippen LogP) is 4.60. The zero-order chi connectivity index (χ0) is 10.2. The number of unbranched alkanes of at least 4 members (excludes halogenated alkanes) is 3. The lowest BCUT2D eigenvalue weighted by Gasteiger charge is -2.01. The quantitative estimate of drug-likeness (QED) is 0.454. The summed E-state index contributed by atoms with van der Waals surface area (Å²) < 4.78 is 0. The maximum absolute atomic E-state index is 3.79. The van der Waals surface area contributed by atoms with E-state index in [0.717, 1.165) is 6.42 Å². The largest absolute Gasteiger partial charge is 0.152 e. The van der Waals surface area contributed by atoms with Crippen molar-refractivity contribution in [3.05, 3.63) is 34.5 Å². The number of hydrogen-bond acceptors (Lipinski definition) is 1. The lowest BCUT2D eigenvalue weighted by molar-refractivity contribution is 0.666. The Morgan fingerprint density at radius 2 is 2.00 bits per heavy atom. The molecule has 0 N–H and O–H groups in total. The average Bonchev–Trinajstić information content (AvgIpc) is 2.61. The van der Waals surface area contributed by atoms with E-state index >= 15 is 0 Å². The fraction of sp³-hybridized carbons (Fsp3) is 0.538. The van der Waals surface area contributed by atoms with Crippen LogP contribution < -0.4 is 0 Å². The van der Waals surface area contributed by atoms with Crippen molar-refractivity contribution in [3.8, 4) is 0 Å². The first kappa shape index (κ1) is 11.5. The molecule has 0 spiro atoms. The van der Waals surface area contributed by atoms with Gasteiger partial charge in [-0.2, -0.15) is 11.3 Å². The van der Waals surface area contributed by atoms with Gasteiger partial charge in [-0.05, 0) is 41.1 Å². The van der Waals surface area contributed by atoms with Crippen molar-refractivity contribution in [3.63, 3.8) is 0 Å². The first-order valence-corrected chi connectivity index (χ1v) is 6.47.